The SMILES string of the molecule is CCOC(=O)C1(C(=O)OCC)CCc2cc(C(C)(C)C)cc(NS(=O)(=O)c3cccc(NC(=O)Nc4cc(C(C)(C)C)cc5c(=O)cc(C(=O)Nc6cccc(Cn7cccn7)c6)oc45)c3)c2O1. The maximum Gasteiger partial charge on any atom is 0.362 e. The van der Waals surface area contributed by atoms with E-state index in [9.17, 15) is 32.4 Å². The molecular formula is C50H54N6O11S. The number of amides is 3. The number of hydrogen-bond acceptors (Lipinski definition) is 12. The van der Waals surface area contributed by atoms with Crippen LogP contribution in [0.15, 0.2) is 111 Å². The molecule has 18 heteroatoms. The molecular weight excluding hydrogens is 893 g/mol. The zero-order valence-electron chi connectivity index (χ0n) is 39.1. The highest BCUT2D eigenvalue weighted by Crippen LogP contribution is 2.44. The molecule has 0 spiro atoms. The largest absolute Gasteiger partial charge is 0.463 e. The molecule has 1 aliphatic rings. The summed E-state index contributed by atoms with van der Waals surface area (Å²) in [6.45, 7) is 15.2. The molecule has 4 N–H and O–H groups in total. The molecule has 3 heterocycles. The summed E-state index contributed by atoms with van der Waals surface area (Å²) in [5.74, 6) is -2.95. The summed E-state index contributed by atoms with van der Waals surface area (Å²) in [5.41, 5.74) is -0.254. The predicted molar refractivity (Wildman–Crippen MR) is 257 cm³/mol. The first-order chi connectivity index (χ1) is 32.1. The van der Waals surface area contributed by atoms with Crippen LogP contribution in [0.2, 0.25) is 0 Å². The maximum atomic E-state index is 14.2. The van der Waals surface area contributed by atoms with Gasteiger partial charge in [0.05, 0.1) is 41.4 Å². The molecule has 0 unspecified atom stereocenters. The molecule has 1 aliphatic heterocycles. The topological polar surface area (TPSA) is 226 Å². The van der Waals surface area contributed by atoms with Gasteiger partial charge in [0.15, 0.2) is 16.8 Å². The summed E-state index contributed by atoms with van der Waals surface area (Å²) in [4.78, 5) is 67.5. The number of carbonyl (C=O) groups is 4. The molecule has 4 aromatic carbocycles. The molecule has 3 amide bonds. The van der Waals surface area contributed by atoms with E-state index in [0.29, 0.717) is 23.4 Å². The molecule has 0 fully saturated rings. The summed E-state index contributed by atoms with van der Waals surface area (Å²) in [7, 11) is -4.46. The zero-order chi connectivity index (χ0) is 49.2. The van der Waals surface area contributed by atoms with Gasteiger partial charge in [-0.25, -0.2) is 22.8 Å². The van der Waals surface area contributed by atoms with Gasteiger partial charge in [0.2, 0.25) is 0 Å². The minimum atomic E-state index is -4.46. The second kappa shape index (κ2) is 19.0. The van der Waals surface area contributed by atoms with Crippen molar-refractivity contribution in [2.45, 2.75) is 96.1 Å². The lowest BCUT2D eigenvalue weighted by Crippen LogP contribution is -2.55. The Labute approximate surface area is 393 Å². The number of nitrogens with zero attached hydrogens (tertiary/aromatic N) is 2. The van der Waals surface area contributed by atoms with Crippen LogP contribution in [-0.4, -0.2) is 60.9 Å². The molecule has 356 valence electrons. The van der Waals surface area contributed by atoms with Gasteiger partial charge in [-0.2, -0.15) is 5.10 Å². The van der Waals surface area contributed by atoms with Gasteiger partial charge in [0.25, 0.3) is 15.9 Å². The summed E-state index contributed by atoms with van der Waals surface area (Å²) in [6.07, 6.45) is 3.55. The maximum absolute atomic E-state index is 14.2. The van der Waals surface area contributed by atoms with E-state index < -0.39 is 55.8 Å². The van der Waals surface area contributed by atoms with Crippen LogP contribution in [0.1, 0.15) is 94.6 Å². The second-order valence-electron chi connectivity index (χ2n) is 18.3. The van der Waals surface area contributed by atoms with Gasteiger partial charge >= 0.3 is 23.6 Å². The van der Waals surface area contributed by atoms with Gasteiger partial charge in [0.1, 0.15) is 5.75 Å². The van der Waals surface area contributed by atoms with Crippen molar-refractivity contribution in [1.29, 1.82) is 0 Å². The van der Waals surface area contributed by atoms with Gasteiger partial charge in [-0.05, 0) is 108 Å². The quantitative estimate of drug-likeness (QED) is 0.0631. The van der Waals surface area contributed by atoms with E-state index in [4.69, 9.17) is 18.6 Å². The molecule has 0 atom stereocenters. The highest BCUT2D eigenvalue weighted by Gasteiger charge is 2.54. The van der Waals surface area contributed by atoms with Crippen molar-refractivity contribution in [3.05, 3.63) is 136 Å². The van der Waals surface area contributed by atoms with E-state index in [2.05, 4.69) is 25.8 Å². The van der Waals surface area contributed by atoms with E-state index in [1.165, 1.54) is 24.3 Å². The van der Waals surface area contributed by atoms with Gasteiger partial charge in [-0.1, -0.05) is 65.8 Å². The van der Waals surface area contributed by atoms with E-state index in [-0.39, 0.29) is 70.5 Å². The third kappa shape index (κ3) is 10.5. The number of ether oxygens (including phenoxy) is 3. The van der Waals surface area contributed by atoms with Crippen LogP contribution < -0.4 is 30.8 Å². The van der Waals surface area contributed by atoms with Crippen LogP contribution in [0.5, 0.6) is 5.75 Å². The number of anilines is 4. The fraction of sp³-hybridized carbons (Fsp3) is 0.320. The van der Waals surface area contributed by atoms with Crippen LogP contribution in [0.4, 0.5) is 27.5 Å². The Morgan fingerprint density at radius 1 is 0.779 bits per heavy atom. The molecule has 2 aromatic heterocycles. The predicted octanol–water partition coefficient (Wildman–Crippen LogP) is 8.52. The number of benzene rings is 4. The van der Waals surface area contributed by atoms with Crippen LogP contribution in [-0.2, 0) is 52.9 Å². The number of fused-ring (bicyclic) bond motifs is 2. The Kier molecular flexibility index (Phi) is 13.6. The van der Waals surface area contributed by atoms with Crippen molar-refractivity contribution in [3.63, 3.8) is 0 Å². The van der Waals surface area contributed by atoms with Gasteiger partial charge < -0.3 is 34.6 Å². The molecule has 0 saturated carbocycles. The number of aryl methyl sites for hydroxylation is 1. The third-order valence-electron chi connectivity index (χ3n) is 11.2. The number of esters is 2. The number of urea groups is 1. The van der Waals surface area contributed by atoms with Crippen LogP contribution >= 0.6 is 0 Å². The molecule has 6 aromatic rings. The van der Waals surface area contributed by atoms with Crippen molar-refractivity contribution in [1.82, 2.24) is 9.78 Å². The smallest absolute Gasteiger partial charge is 0.362 e. The van der Waals surface area contributed by atoms with Gasteiger partial charge in [-0.3, -0.25) is 19.0 Å². The van der Waals surface area contributed by atoms with E-state index in [1.807, 2.05) is 65.9 Å². The Hall–Kier alpha value is -7.47. The lowest BCUT2D eigenvalue weighted by atomic mass is 9.83. The molecule has 7 rings (SSSR count). The fourth-order valence-corrected chi connectivity index (χ4v) is 8.65. The highest BCUT2D eigenvalue weighted by atomic mass is 32.2. The van der Waals surface area contributed by atoms with E-state index in [1.54, 1.807) is 61.1 Å². The van der Waals surface area contributed by atoms with Crippen molar-refractivity contribution in [3.8, 4) is 5.75 Å². The lowest BCUT2D eigenvalue weighted by Gasteiger charge is -2.36. The van der Waals surface area contributed by atoms with E-state index >= 15 is 0 Å². The first kappa shape index (κ1) is 48.5. The fourth-order valence-electron chi connectivity index (χ4n) is 7.55. The summed E-state index contributed by atoms with van der Waals surface area (Å²) >= 11 is 0. The van der Waals surface area contributed by atoms with Crippen LogP contribution in [0, 0.1) is 0 Å². The minimum Gasteiger partial charge on any atom is -0.463 e. The number of hydrogen-bond donors (Lipinski definition) is 4. The first-order valence-corrected chi connectivity index (χ1v) is 23.5. The van der Waals surface area contributed by atoms with Crippen LogP contribution in [0.25, 0.3) is 11.0 Å². The number of carbonyl (C=O) groups excluding carboxylic acids is 4. The van der Waals surface area contributed by atoms with Crippen molar-refractivity contribution < 1.29 is 46.2 Å². The molecule has 17 nitrogen and oxygen atoms in total. The molecule has 68 heavy (non-hydrogen) atoms. The Morgan fingerprint density at radius 2 is 1.43 bits per heavy atom. The van der Waals surface area contributed by atoms with Crippen molar-refractivity contribution in [2.75, 3.05) is 33.9 Å². The van der Waals surface area contributed by atoms with Crippen LogP contribution in [0.3, 0.4) is 0 Å². The number of nitrogens with one attached hydrogen (secondary N) is 4. The lowest BCUT2D eigenvalue weighted by molar-refractivity contribution is -0.181. The standard InChI is InChI=1S/C50H54N6O11S/c1-9-64-45(59)50(46(60)65-10-2)19-18-31-23-32(48(3,4)5)26-39(42(31)67-50)55-68(62,63)36-17-12-16-35(27-36)53-47(61)54-38-25-33(49(6,7)8)24-37-40(57)28-41(66-43(37)38)44(58)52-34-15-11-14-30(22-34)29-56-21-13-20-51-56/h11-17,20-28,55H,9-10,18-19,29H2,1-8H3,(H,52,58)(H2,53,54,61). The molecule has 0 radical (unpaired) electrons. The Morgan fingerprint density at radius 3 is 2.07 bits per heavy atom. The van der Waals surface area contributed by atoms with E-state index in [0.717, 1.165) is 17.2 Å². The normalized spacial score (nSPS) is 13.4. The average molecular weight is 947 g/mol. The number of sulfonamides is 1. The monoisotopic (exact) mass is 946 g/mol. The number of aromatic nitrogens is 2. The van der Waals surface area contributed by atoms with Crippen molar-refractivity contribution >= 4 is 67.6 Å². The highest BCUT2D eigenvalue weighted by molar-refractivity contribution is 7.92. The zero-order valence-corrected chi connectivity index (χ0v) is 39.9. The summed E-state index contributed by atoms with van der Waals surface area (Å²) in [5, 5.41) is 12.5. The Balaban J connectivity index is 1.16. The third-order valence-corrected chi connectivity index (χ3v) is 12.5. The second-order valence-corrected chi connectivity index (χ2v) is 20.0. The van der Waals surface area contributed by atoms with Crippen molar-refractivity contribution in [2.24, 2.45) is 0 Å². The molecule has 0 saturated heterocycles. The summed E-state index contributed by atoms with van der Waals surface area (Å²) < 4.78 is 55.6. The first-order valence-electron chi connectivity index (χ1n) is 22.0. The average Bonchev–Trinajstić information content (AvgIpc) is 3.79. The molecule has 0 aliphatic carbocycles. The minimum absolute atomic E-state index is 0.0275. The summed E-state index contributed by atoms with van der Waals surface area (Å²) in [6, 6.07) is 21.4. The van der Waals surface area contributed by atoms with Gasteiger partial charge in [0, 0.05) is 36.3 Å². The van der Waals surface area contributed by atoms with Gasteiger partial charge in [-0.15, -0.1) is 0 Å². The molecule has 0 bridgehead atoms. The number of rotatable bonds is 13. The Bertz CT molecular complexity index is 3080.